The minimum atomic E-state index is 0.805. The molecule has 0 atom stereocenters. The molecule has 0 amide bonds. The maximum Gasteiger partial charge on any atom is 0.195 e. The zero-order chi connectivity index (χ0) is 13.2. The molecule has 0 aliphatic rings. The summed E-state index contributed by atoms with van der Waals surface area (Å²) >= 11 is 5.23. The van der Waals surface area contributed by atoms with E-state index < -0.39 is 0 Å². The molecule has 0 bridgehead atoms. The van der Waals surface area contributed by atoms with Crippen LogP contribution in [0.1, 0.15) is 11.3 Å². The van der Waals surface area contributed by atoms with Crippen LogP contribution in [0, 0.1) is 0 Å². The maximum absolute atomic E-state index is 4.72. The molecular formula is C14H14BrN3S. The highest BCUT2D eigenvalue weighted by molar-refractivity contribution is 9.08. The Bertz CT molecular complexity index is 674. The molecule has 5 heteroatoms. The van der Waals surface area contributed by atoms with Crippen molar-refractivity contribution in [3.8, 4) is 0 Å². The second-order valence-corrected chi connectivity index (χ2v) is 5.85. The molecule has 3 rings (SSSR count). The second kappa shape index (κ2) is 5.35. The van der Waals surface area contributed by atoms with E-state index in [9.17, 15) is 0 Å². The molecule has 0 N–H and O–H groups in total. The summed E-state index contributed by atoms with van der Waals surface area (Å²) in [6.07, 6.45) is 2.07. The number of imidazole rings is 1. The molecule has 0 fully saturated rings. The van der Waals surface area contributed by atoms with Gasteiger partial charge in [0.05, 0.1) is 5.69 Å². The Kier molecular flexibility index (Phi) is 3.57. The summed E-state index contributed by atoms with van der Waals surface area (Å²) in [6.45, 7) is 0.867. The quantitative estimate of drug-likeness (QED) is 0.673. The van der Waals surface area contributed by atoms with Gasteiger partial charge in [-0.1, -0.05) is 46.3 Å². The van der Waals surface area contributed by atoms with Gasteiger partial charge < -0.3 is 4.90 Å². The fourth-order valence-corrected chi connectivity index (χ4v) is 3.43. The Labute approximate surface area is 124 Å². The predicted molar refractivity (Wildman–Crippen MR) is 84.2 cm³/mol. The topological polar surface area (TPSA) is 20.5 Å². The Morgan fingerprint density at radius 3 is 2.84 bits per heavy atom. The SMILES string of the molecule is CN(Cc1ccccc1)c1nc2sccn2c1CBr. The predicted octanol–water partition coefficient (Wildman–Crippen LogP) is 3.93. The fourth-order valence-electron chi connectivity index (χ4n) is 2.18. The van der Waals surface area contributed by atoms with Gasteiger partial charge in [-0.25, -0.2) is 4.98 Å². The number of hydrogen-bond acceptors (Lipinski definition) is 3. The van der Waals surface area contributed by atoms with Gasteiger partial charge in [0.2, 0.25) is 0 Å². The van der Waals surface area contributed by atoms with Crippen LogP contribution in [0.15, 0.2) is 41.9 Å². The molecule has 3 nitrogen and oxygen atoms in total. The van der Waals surface area contributed by atoms with Gasteiger partial charge >= 0.3 is 0 Å². The van der Waals surface area contributed by atoms with Crippen molar-refractivity contribution in [2.24, 2.45) is 0 Å². The van der Waals surface area contributed by atoms with Gasteiger partial charge in [-0.15, -0.1) is 11.3 Å². The molecule has 0 saturated carbocycles. The molecule has 0 aliphatic heterocycles. The Balaban J connectivity index is 1.92. The Hall–Kier alpha value is -1.33. The lowest BCUT2D eigenvalue weighted by Gasteiger charge is -2.18. The van der Waals surface area contributed by atoms with E-state index in [4.69, 9.17) is 4.98 Å². The van der Waals surface area contributed by atoms with Gasteiger partial charge in [-0.3, -0.25) is 4.40 Å². The Morgan fingerprint density at radius 2 is 2.11 bits per heavy atom. The van der Waals surface area contributed by atoms with Gasteiger partial charge in [0.25, 0.3) is 0 Å². The zero-order valence-electron chi connectivity index (χ0n) is 10.6. The van der Waals surface area contributed by atoms with Crippen molar-refractivity contribution < 1.29 is 0 Å². The third-order valence-corrected chi connectivity index (χ3v) is 4.38. The average Bonchev–Trinajstić information content (AvgIpc) is 2.99. The number of nitrogens with zero attached hydrogens (tertiary/aromatic N) is 3. The highest BCUT2D eigenvalue weighted by atomic mass is 79.9. The third-order valence-electron chi connectivity index (χ3n) is 3.09. The van der Waals surface area contributed by atoms with Gasteiger partial charge in [0.1, 0.15) is 0 Å². The minimum Gasteiger partial charge on any atom is -0.354 e. The third kappa shape index (κ3) is 2.40. The lowest BCUT2D eigenvalue weighted by atomic mass is 10.2. The summed E-state index contributed by atoms with van der Waals surface area (Å²) in [5, 5.41) is 2.87. The largest absolute Gasteiger partial charge is 0.354 e. The van der Waals surface area contributed by atoms with Crippen molar-refractivity contribution >= 4 is 38.0 Å². The van der Waals surface area contributed by atoms with E-state index in [1.165, 1.54) is 11.3 Å². The number of aromatic nitrogens is 2. The fraction of sp³-hybridized carbons (Fsp3) is 0.214. The highest BCUT2D eigenvalue weighted by Crippen LogP contribution is 2.26. The van der Waals surface area contributed by atoms with Crippen LogP contribution in [0.25, 0.3) is 4.96 Å². The molecular weight excluding hydrogens is 322 g/mol. The molecule has 0 radical (unpaired) electrons. The molecule has 0 aliphatic carbocycles. The monoisotopic (exact) mass is 335 g/mol. The van der Waals surface area contributed by atoms with Crippen molar-refractivity contribution in [2.75, 3.05) is 11.9 Å². The molecule has 0 unspecified atom stereocenters. The lowest BCUT2D eigenvalue weighted by Crippen LogP contribution is -2.18. The standard InChI is InChI=1S/C14H14BrN3S/c1-17(10-11-5-3-2-4-6-11)13-12(9-15)18-7-8-19-14(18)16-13/h2-8H,9-10H2,1H3. The summed E-state index contributed by atoms with van der Waals surface area (Å²) in [4.78, 5) is 7.96. The second-order valence-electron chi connectivity index (χ2n) is 4.41. The van der Waals surface area contributed by atoms with Gasteiger partial charge in [-0.05, 0) is 5.56 Å². The van der Waals surface area contributed by atoms with E-state index in [0.29, 0.717) is 0 Å². The van der Waals surface area contributed by atoms with Crippen molar-refractivity contribution in [1.29, 1.82) is 0 Å². The van der Waals surface area contributed by atoms with E-state index in [1.54, 1.807) is 11.3 Å². The molecule has 2 heterocycles. The highest BCUT2D eigenvalue weighted by Gasteiger charge is 2.15. The van der Waals surface area contributed by atoms with Gasteiger partial charge in [-0.2, -0.15) is 0 Å². The maximum atomic E-state index is 4.72. The van der Waals surface area contributed by atoms with E-state index in [1.807, 2.05) is 6.07 Å². The van der Waals surface area contributed by atoms with Crippen LogP contribution in [0.2, 0.25) is 0 Å². The van der Waals surface area contributed by atoms with Crippen molar-refractivity contribution in [2.45, 2.75) is 11.9 Å². The molecule has 2 aromatic heterocycles. The number of benzene rings is 1. The smallest absolute Gasteiger partial charge is 0.195 e. The molecule has 98 valence electrons. The summed E-state index contributed by atoms with van der Waals surface area (Å²) in [5.41, 5.74) is 2.50. The molecule has 3 aromatic rings. The average molecular weight is 336 g/mol. The first-order chi connectivity index (χ1) is 9.29. The summed E-state index contributed by atoms with van der Waals surface area (Å²) in [5.74, 6) is 1.05. The van der Waals surface area contributed by atoms with Gasteiger partial charge in [0, 0.05) is 30.5 Å². The van der Waals surface area contributed by atoms with Crippen LogP contribution < -0.4 is 4.90 Å². The number of thiazole rings is 1. The molecule has 0 spiro atoms. The first-order valence-corrected chi connectivity index (χ1v) is 8.05. The first-order valence-electron chi connectivity index (χ1n) is 6.05. The van der Waals surface area contributed by atoms with Crippen molar-refractivity contribution in [3.05, 3.63) is 53.2 Å². The molecule has 1 aromatic carbocycles. The van der Waals surface area contributed by atoms with E-state index in [-0.39, 0.29) is 0 Å². The van der Waals surface area contributed by atoms with Crippen molar-refractivity contribution in [3.63, 3.8) is 0 Å². The lowest BCUT2D eigenvalue weighted by molar-refractivity contribution is 0.895. The molecule has 19 heavy (non-hydrogen) atoms. The zero-order valence-corrected chi connectivity index (χ0v) is 13.0. The van der Waals surface area contributed by atoms with Crippen LogP contribution >= 0.6 is 27.3 Å². The number of anilines is 1. The number of rotatable bonds is 4. The van der Waals surface area contributed by atoms with E-state index in [2.05, 4.69) is 68.1 Å². The molecule has 0 saturated heterocycles. The number of hydrogen-bond donors (Lipinski definition) is 0. The van der Waals surface area contributed by atoms with Crippen LogP contribution in [0.3, 0.4) is 0 Å². The number of halogens is 1. The number of fused-ring (bicyclic) bond motifs is 1. The van der Waals surface area contributed by atoms with Crippen LogP contribution in [-0.2, 0) is 11.9 Å². The normalized spacial score (nSPS) is 11.1. The number of alkyl halides is 1. The van der Waals surface area contributed by atoms with E-state index >= 15 is 0 Å². The summed E-state index contributed by atoms with van der Waals surface area (Å²) < 4.78 is 2.15. The van der Waals surface area contributed by atoms with Gasteiger partial charge in [0.15, 0.2) is 10.8 Å². The van der Waals surface area contributed by atoms with Crippen LogP contribution in [0.4, 0.5) is 5.82 Å². The Morgan fingerprint density at radius 1 is 1.32 bits per heavy atom. The van der Waals surface area contributed by atoms with Crippen LogP contribution in [0.5, 0.6) is 0 Å². The summed E-state index contributed by atoms with van der Waals surface area (Å²) in [6, 6.07) is 10.5. The van der Waals surface area contributed by atoms with E-state index in [0.717, 1.165) is 22.7 Å². The van der Waals surface area contributed by atoms with Crippen molar-refractivity contribution in [1.82, 2.24) is 9.38 Å². The summed E-state index contributed by atoms with van der Waals surface area (Å²) in [7, 11) is 2.09. The van der Waals surface area contributed by atoms with Crippen LogP contribution in [-0.4, -0.2) is 16.4 Å². The first kappa shape index (κ1) is 12.7. The minimum absolute atomic E-state index is 0.805.